The highest BCUT2D eigenvalue weighted by Gasteiger charge is 2.16. The first-order valence-electron chi connectivity index (χ1n) is 3.98. The molecule has 0 spiro atoms. The van der Waals surface area contributed by atoms with Crippen LogP contribution >= 0.6 is 0 Å². The third-order valence-electron chi connectivity index (χ3n) is 1.64. The summed E-state index contributed by atoms with van der Waals surface area (Å²) in [4.78, 5) is 9.73. The molecule has 0 saturated heterocycles. The molecule has 0 aliphatic heterocycles. The minimum atomic E-state index is -0.856. The van der Waals surface area contributed by atoms with Gasteiger partial charge < -0.3 is 11.5 Å². The SMILES string of the molecule is NCC#Cc1cc(F)c(N)c([N+](=O)[O-])c1. The summed E-state index contributed by atoms with van der Waals surface area (Å²) < 4.78 is 13.1. The van der Waals surface area contributed by atoms with Crippen LogP contribution in [0.1, 0.15) is 5.56 Å². The zero-order valence-electron chi connectivity index (χ0n) is 7.66. The molecule has 1 rings (SSSR count). The van der Waals surface area contributed by atoms with Gasteiger partial charge in [-0.2, -0.15) is 0 Å². The van der Waals surface area contributed by atoms with Crippen molar-refractivity contribution in [1.29, 1.82) is 0 Å². The van der Waals surface area contributed by atoms with Gasteiger partial charge in [-0.15, -0.1) is 0 Å². The molecule has 0 bridgehead atoms. The van der Waals surface area contributed by atoms with Crippen LogP contribution in [0.4, 0.5) is 15.8 Å². The van der Waals surface area contributed by atoms with Crippen molar-refractivity contribution in [2.24, 2.45) is 5.73 Å². The fourth-order valence-corrected chi connectivity index (χ4v) is 0.980. The van der Waals surface area contributed by atoms with Gasteiger partial charge in [0.1, 0.15) is 5.69 Å². The molecule has 1 aromatic rings. The van der Waals surface area contributed by atoms with Crippen LogP contribution in [0, 0.1) is 27.8 Å². The number of benzene rings is 1. The average molecular weight is 209 g/mol. The van der Waals surface area contributed by atoms with Crippen molar-refractivity contribution in [1.82, 2.24) is 0 Å². The Morgan fingerprint density at radius 3 is 2.73 bits per heavy atom. The van der Waals surface area contributed by atoms with E-state index in [-0.39, 0.29) is 12.1 Å². The number of hydrogen-bond acceptors (Lipinski definition) is 4. The summed E-state index contributed by atoms with van der Waals surface area (Å²) in [6, 6.07) is 2.14. The quantitative estimate of drug-likeness (QED) is 0.307. The number of hydrogen-bond donors (Lipinski definition) is 2. The van der Waals surface area contributed by atoms with Crippen LogP contribution in [0.5, 0.6) is 0 Å². The lowest BCUT2D eigenvalue weighted by molar-refractivity contribution is -0.384. The summed E-state index contributed by atoms with van der Waals surface area (Å²) >= 11 is 0. The highest BCUT2D eigenvalue weighted by molar-refractivity contribution is 5.62. The van der Waals surface area contributed by atoms with E-state index in [1.807, 2.05) is 0 Å². The Hall–Kier alpha value is -2.13. The van der Waals surface area contributed by atoms with Crippen LogP contribution in [-0.2, 0) is 0 Å². The van der Waals surface area contributed by atoms with E-state index in [2.05, 4.69) is 11.8 Å². The second-order valence-corrected chi connectivity index (χ2v) is 2.65. The Labute approximate surface area is 85.0 Å². The van der Waals surface area contributed by atoms with Crippen molar-refractivity contribution < 1.29 is 9.31 Å². The number of nitrogens with zero attached hydrogens (tertiary/aromatic N) is 1. The number of rotatable bonds is 1. The molecule has 0 radical (unpaired) electrons. The van der Waals surface area contributed by atoms with Gasteiger partial charge in [-0.25, -0.2) is 4.39 Å². The fourth-order valence-electron chi connectivity index (χ4n) is 0.980. The average Bonchev–Trinajstić information content (AvgIpc) is 2.19. The molecule has 0 aromatic heterocycles. The molecule has 15 heavy (non-hydrogen) atoms. The highest BCUT2D eigenvalue weighted by atomic mass is 19.1. The molecule has 0 fully saturated rings. The lowest BCUT2D eigenvalue weighted by atomic mass is 10.1. The van der Waals surface area contributed by atoms with Gasteiger partial charge in [0.05, 0.1) is 11.5 Å². The number of nitrogen functional groups attached to an aromatic ring is 1. The molecule has 0 heterocycles. The second kappa shape index (κ2) is 4.39. The van der Waals surface area contributed by atoms with Crippen LogP contribution in [0.2, 0.25) is 0 Å². The van der Waals surface area contributed by atoms with E-state index < -0.39 is 22.1 Å². The maximum Gasteiger partial charge on any atom is 0.296 e. The smallest absolute Gasteiger partial charge is 0.296 e. The molecule has 1 aromatic carbocycles. The number of halogens is 1. The molecule has 0 unspecified atom stereocenters. The van der Waals surface area contributed by atoms with Crippen LogP contribution in [0.3, 0.4) is 0 Å². The summed E-state index contributed by atoms with van der Waals surface area (Å²) in [7, 11) is 0. The third-order valence-corrected chi connectivity index (χ3v) is 1.64. The lowest BCUT2D eigenvalue weighted by Gasteiger charge is -1.99. The van der Waals surface area contributed by atoms with E-state index in [0.717, 1.165) is 12.1 Å². The van der Waals surface area contributed by atoms with Gasteiger partial charge in [0.15, 0.2) is 5.82 Å². The second-order valence-electron chi connectivity index (χ2n) is 2.65. The van der Waals surface area contributed by atoms with E-state index >= 15 is 0 Å². The summed E-state index contributed by atoms with van der Waals surface area (Å²) in [5.41, 5.74) is 9.51. The van der Waals surface area contributed by atoms with Crippen LogP contribution in [-0.4, -0.2) is 11.5 Å². The molecule has 0 aliphatic carbocycles. The summed E-state index contributed by atoms with van der Waals surface area (Å²) in [5.74, 6) is 4.10. The number of nitrogens with two attached hydrogens (primary N) is 2. The van der Waals surface area contributed by atoms with Crippen molar-refractivity contribution in [3.05, 3.63) is 33.6 Å². The van der Waals surface area contributed by atoms with E-state index in [4.69, 9.17) is 11.5 Å². The van der Waals surface area contributed by atoms with Crippen molar-refractivity contribution in [2.45, 2.75) is 0 Å². The Morgan fingerprint density at radius 2 is 2.20 bits per heavy atom. The molecule has 78 valence electrons. The third kappa shape index (κ3) is 2.42. The topological polar surface area (TPSA) is 95.2 Å². The molecule has 5 nitrogen and oxygen atoms in total. The minimum Gasteiger partial charge on any atom is -0.391 e. The molecule has 0 aliphatic rings. The Morgan fingerprint density at radius 1 is 1.53 bits per heavy atom. The molecule has 0 amide bonds. The summed E-state index contributed by atoms with van der Waals surface area (Å²) in [6.07, 6.45) is 0. The largest absolute Gasteiger partial charge is 0.391 e. The maximum absolute atomic E-state index is 13.1. The minimum absolute atomic E-state index is 0.0970. The summed E-state index contributed by atoms with van der Waals surface area (Å²) in [5, 5.41) is 10.5. The van der Waals surface area contributed by atoms with Gasteiger partial charge in [-0.1, -0.05) is 11.8 Å². The van der Waals surface area contributed by atoms with Crippen LogP contribution < -0.4 is 11.5 Å². The monoisotopic (exact) mass is 209 g/mol. The predicted octanol–water partition coefficient (Wildman–Crippen LogP) is 0.626. The van der Waals surface area contributed by atoms with Gasteiger partial charge in [-0.3, -0.25) is 10.1 Å². The standard InChI is InChI=1S/C9H8FN3O2/c10-7-4-6(2-1-3-11)5-8(9(7)12)13(14)15/h4-5H,3,11-12H2. The van der Waals surface area contributed by atoms with E-state index in [1.165, 1.54) is 0 Å². The van der Waals surface area contributed by atoms with Gasteiger partial charge >= 0.3 is 0 Å². The first kappa shape index (κ1) is 10.9. The van der Waals surface area contributed by atoms with E-state index in [1.54, 1.807) is 0 Å². The van der Waals surface area contributed by atoms with E-state index in [9.17, 15) is 14.5 Å². The normalized spacial score (nSPS) is 9.20. The molecule has 4 N–H and O–H groups in total. The van der Waals surface area contributed by atoms with Crippen molar-refractivity contribution >= 4 is 11.4 Å². The summed E-state index contributed by atoms with van der Waals surface area (Å²) in [6.45, 7) is 0.0970. The van der Waals surface area contributed by atoms with E-state index in [0.29, 0.717) is 0 Å². The Balaban J connectivity index is 3.29. The zero-order chi connectivity index (χ0) is 11.4. The number of nitro groups is 1. The van der Waals surface area contributed by atoms with Gasteiger partial charge in [-0.05, 0) is 6.07 Å². The first-order chi connectivity index (χ1) is 7.06. The lowest BCUT2D eigenvalue weighted by Crippen LogP contribution is -2.00. The maximum atomic E-state index is 13.1. The highest BCUT2D eigenvalue weighted by Crippen LogP contribution is 2.25. The van der Waals surface area contributed by atoms with Gasteiger partial charge in [0.25, 0.3) is 5.69 Å². The predicted molar refractivity (Wildman–Crippen MR) is 53.4 cm³/mol. The van der Waals surface area contributed by atoms with Crippen molar-refractivity contribution in [2.75, 3.05) is 12.3 Å². The van der Waals surface area contributed by atoms with Crippen LogP contribution in [0.15, 0.2) is 12.1 Å². The number of nitro benzene ring substituents is 1. The van der Waals surface area contributed by atoms with Gasteiger partial charge in [0.2, 0.25) is 0 Å². The van der Waals surface area contributed by atoms with Crippen molar-refractivity contribution in [3.63, 3.8) is 0 Å². The molecular formula is C9H8FN3O2. The Kier molecular flexibility index (Phi) is 3.21. The van der Waals surface area contributed by atoms with Gasteiger partial charge in [0, 0.05) is 11.6 Å². The fraction of sp³-hybridized carbons (Fsp3) is 0.111. The number of anilines is 1. The Bertz CT molecular complexity index is 462. The molecule has 0 atom stereocenters. The van der Waals surface area contributed by atoms with Crippen LogP contribution in [0.25, 0.3) is 0 Å². The zero-order valence-corrected chi connectivity index (χ0v) is 7.66. The molecule has 6 heteroatoms. The molecular weight excluding hydrogens is 201 g/mol. The van der Waals surface area contributed by atoms with Crippen molar-refractivity contribution in [3.8, 4) is 11.8 Å². The molecule has 0 saturated carbocycles. The first-order valence-corrected chi connectivity index (χ1v) is 3.98.